The Morgan fingerprint density at radius 3 is 2.12 bits per heavy atom. The van der Waals surface area contributed by atoms with Crippen molar-refractivity contribution in [2.75, 3.05) is 0 Å². The molecule has 1 aliphatic carbocycles. The third-order valence-electron chi connectivity index (χ3n) is 7.01. The van der Waals surface area contributed by atoms with Gasteiger partial charge in [0, 0.05) is 19.0 Å². The van der Waals surface area contributed by atoms with Gasteiger partial charge in [-0.15, -0.1) is 0 Å². The van der Waals surface area contributed by atoms with Crippen LogP contribution in [0, 0.1) is 6.92 Å². The second kappa shape index (κ2) is 11.7. The van der Waals surface area contributed by atoms with Gasteiger partial charge in [0.15, 0.2) is 0 Å². The predicted octanol–water partition coefficient (Wildman–Crippen LogP) is 6.09. The summed E-state index contributed by atoms with van der Waals surface area (Å²) in [6, 6.07) is 16.6. The van der Waals surface area contributed by atoms with Gasteiger partial charge in [-0.1, -0.05) is 94.6 Å². The summed E-state index contributed by atoms with van der Waals surface area (Å²) in [6.07, 6.45) is 6.10. The summed E-state index contributed by atoms with van der Waals surface area (Å²) >= 11 is 0. The number of aryl methyl sites for hydroxylation is 2. The monoisotopic (exact) mass is 462 g/mol. The summed E-state index contributed by atoms with van der Waals surface area (Å²) in [6.45, 7) is 11.1. The van der Waals surface area contributed by atoms with E-state index in [0.29, 0.717) is 25.8 Å². The Kier molecular flexibility index (Phi) is 8.93. The van der Waals surface area contributed by atoms with Crippen molar-refractivity contribution in [3.05, 3.63) is 70.8 Å². The maximum atomic E-state index is 13.5. The molecule has 2 aromatic carbocycles. The highest BCUT2D eigenvalue weighted by Crippen LogP contribution is 2.23. The molecule has 1 fully saturated rings. The number of nitrogens with zero attached hydrogens (tertiary/aromatic N) is 1. The van der Waals surface area contributed by atoms with Gasteiger partial charge in [-0.2, -0.15) is 0 Å². The SMILES string of the molecule is CC[C@H](C(=O)NC1CCCC1)N(Cc1ccc(C)cc1)C(=O)CCc1ccc(C(C)(C)C)cc1. The number of carbonyl (C=O) groups excluding carboxylic acids is 2. The first kappa shape index (κ1) is 26.0. The van der Waals surface area contributed by atoms with E-state index in [1.165, 1.54) is 24.0 Å². The van der Waals surface area contributed by atoms with Crippen molar-refractivity contribution in [1.29, 1.82) is 0 Å². The second-order valence-corrected chi connectivity index (χ2v) is 10.9. The van der Waals surface area contributed by atoms with Gasteiger partial charge in [0.2, 0.25) is 11.8 Å². The molecule has 0 radical (unpaired) electrons. The molecule has 0 unspecified atom stereocenters. The zero-order valence-electron chi connectivity index (χ0n) is 21.7. The van der Waals surface area contributed by atoms with Crippen LogP contribution >= 0.6 is 0 Å². The van der Waals surface area contributed by atoms with Crippen LogP contribution < -0.4 is 5.32 Å². The van der Waals surface area contributed by atoms with Crippen LogP contribution in [0.4, 0.5) is 0 Å². The van der Waals surface area contributed by atoms with Gasteiger partial charge in [0.25, 0.3) is 0 Å². The Hall–Kier alpha value is -2.62. The van der Waals surface area contributed by atoms with Crippen LogP contribution in [0.15, 0.2) is 48.5 Å². The summed E-state index contributed by atoms with van der Waals surface area (Å²) in [5, 5.41) is 3.22. The molecule has 0 aliphatic heterocycles. The van der Waals surface area contributed by atoms with Crippen molar-refractivity contribution < 1.29 is 9.59 Å². The van der Waals surface area contributed by atoms with E-state index in [4.69, 9.17) is 0 Å². The number of nitrogens with one attached hydrogen (secondary N) is 1. The first-order valence-corrected chi connectivity index (χ1v) is 12.9. The standard InChI is InChI=1S/C30H42N2O2/c1-6-27(29(34)31-26-9-7-8-10-26)32(21-24-13-11-22(2)12-14-24)28(33)20-17-23-15-18-25(19-16-23)30(3,4)5/h11-16,18-19,26-27H,6-10,17,20-21H2,1-5H3,(H,31,34)/t27-/m1/s1. The summed E-state index contributed by atoms with van der Waals surface area (Å²) in [4.78, 5) is 28.5. The van der Waals surface area contributed by atoms with Crippen LogP contribution in [0.1, 0.15) is 88.5 Å². The van der Waals surface area contributed by atoms with Crippen LogP contribution in [0.5, 0.6) is 0 Å². The fourth-order valence-electron chi connectivity index (χ4n) is 4.74. The summed E-state index contributed by atoms with van der Waals surface area (Å²) in [5.74, 6) is 0.0262. The lowest BCUT2D eigenvalue weighted by molar-refractivity contribution is -0.141. The quantitative estimate of drug-likeness (QED) is 0.490. The number of hydrogen-bond acceptors (Lipinski definition) is 2. The number of carbonyl (C=O) groups is 2. The first-order chi connectivity index (χ1) is 16.2. The molecule has 3 rings (SSSR count). The lowest BCUT2D eigenvalue weighted by atomic mass is 9.86. The Morgan fingerprint density at radius 1 is 0.971 bits per heavy atom. The number of rotatable bonds is 9. The topological polar surface area (TPSA) is 49.4 Å². The Morgan fingerprint density at radius 2 is 1.56 bits per heavy atom. The highest BCUT2D eigenvalue weighted by molar-refractivity contribution is 5.88. The average Bonchev–Trinajstić information content (AvgIpc) is 3.31. The normalized spacial score (nSPS) is 15.2. The van der Waals surface area contributed by atoms with E-state index in [1.54, 1.807) is 4.90 Å². The third kappa shape index (κ3) is 7.19. The lowest BCUT2D eigenvalue weighted by Gasteiger charge is -2.31. The minimum Gasteiger partial charge on any atom is -0.352 e. The van der Waals surface area contributed by atoms with E-state index >= 15 is 0 Å². The maximum absolute atomic E-state index is 13.5. The van der Waals surface area contributed by atoms with Gasteiger partial charge >= 0.3 is 0 Å². The molecule has 0 saturated heterocycles. The maximum Gasteiger partial charge on any atom is 0.243 e. The van der Waals surface area contributed by atoms with Crippen molar-refractivity contribution in [2.45, 2.75) is 104 Å². The fourth-order valence-corrected chi connectivity index (χ4v) is 4.74. The van der Waals surface area contributed by atoms with Crippen LogP contribution in [0.2, 0.25) is 0 Å². The van der Waals surface area contributed by atoms with E-state index in [-0.39, 0.29) is 23.3 Å². The molecule has 2 aromatic rings. The highest BCUT2D eigenvalue weighted by Gasteiger charge is 2.30. The highest BCUT2D eigenvalue weighted by atomic mass is 16.2. The van der Waals surface area contributed by atoms with Crippen LogP contribution in [-0.2, 0) is 28.0 Å². The number of benzene rings is 2. The van der Waals surface area contributed by atoms with Crippen molar-refractivity contribution >= 4 is 11.8 Å². The van der Waals surface area contributed by atoms with Gasteiger partial charge in [0.1, 0.15) is 6.04 Å². The summed E-state index contributed by atoms with van der Waals surface area (Å²) in [7, 11) is 0. The molecule has 4 heteroatoms. The van der Waals surface area contributed by atoms with Crippen molar-refractivity contribution in [1.82, 2.24) is 10.2 Å². The molecule has 184 valence electrons. The fraction of sp³-hybridized carbons (Fsp3) is 0.533. The van der Waals surface area contributed by atoms with Crippen LogP contribution in [0.3, 0.4) is 0 Å². The van der Waals surface area contributed by atoms with Gasteiger partial charge < -0.3 is 10.2 Å². The predicted molar refractivity (Wildman–Crippen MR) is 140 cm³/mol. The molecule has 1 N–H and O–H groups in total. The van der Waals surface area contributed by atoms with Crippen molar-refractivity contribution in [2.24, 2.45) is 0 Å². The van der Waals surface area contributed by atoms with Gasteiger partial charge in [0.05, 0.1) is 0 Å². The van der Waals surface area contributed by atoms with Crippen LogP contribution in [-0.4, -0.2) is 28.8 Å². The van der Waals surface area contributed by atoms with Gasteiger partial charge in [-0.05, 0) is 54.7 Å². The van der Waals surface area contributed by atoms with E-state index in [9.17, 15) is 9.59 Å². The molecule has 0 aromatic heterocycles. The van der Waals surface area contributed by atoms with Gasteiger partial charge in [-0.3, -0.25) is 9.59 Å². The second-order valence-electron chi connectivity index (χ2n) is 10.9. The Bertz CT molecular complexity index is 935. The molecule has 4 nitrogen and oxygen atoms in total. The van der Waals surface area contributed by atoms with E-state index in [2.05, 4.69) is 81.5 Å². The van der Waals surface area contributed by atoms with Crippen LogP contribution in [0.25, 0.3) is 0 Å². The zero-order chi connectivity index (χ0) is 24.7. The molecule has 1 aliphatic rings. The smallest absolute Gasteiger partial charge is 0.243 e. The Balaban J connectivity index is 1.73. The molecular formula is C30H42N2O2. The molecular weight excluding hydrogens is 420 g/mol. The van der Waals surface area contributed by atoms with E-state index in [1.807, 2.05) is 6.92 Å². The van der Waals surface area contributed by atoms with E-state index < -0.39 is 6.04 Å². The van der Waals surface area contributed by atoms with E-state index in [0.717, 1.165) is 24.0 Å². The molecule has 34 heavy (non-hydrogen) atoms. The summed E-state index contributed by atoms with van der Waals surface area (Å²) < 4.78 is 0. The molecule has 0 bridgehead atoms. The minimum absolute atomic E-state index is 0.00982. The third-order valence-corrected chi connectivity index (χ3v) is 7.01. The largest absolute Gasteiger partial charge is 0.352 e. The molecule has 1 saturated carbocycles. The summed E-state index contributed by atoms with van der Waals surface area (Å²) in [5.41, 5.74) is 4.80. The minimum atomic E-state index is -0.447. The van der Waals surface area contributed by atoms with Gasteiger partial charge in [-0.25, -0.2) is 0 Å². The van der Waals surface area contributed by atoms with Crippen molar-refractivity contribution in [3.63, 3.8) is 0 Å². The lowest BCUT2D eigenvalue weighted by Crippen LogP contribution is -2.51. The zero-order valence-corrected chi connectivity index (χ0v) is 21.7. The van der Waals surface area contributed by atoms with Crippen molar-refractivity contribution in [3.8, 4) is 0 Å². The molecule has 1 atom stereocenters. The Labute approximate surface area is 206 Å². The first-order valence-electron chi connectivity index (χ1n) is 12.9. The molecule has 0 spiro atoms. The number of hydrogen-bond donors (Lipinski definition) is 1. The molecule has 0 heterocycles. The molecule has 2 amide bonds. The number of amides is 2. The average molecular weight is 463 g/mol.